The first-order valence-electron chi connectivity index (χ1n) is 8.59. The summed E-state index contributed by atoms with van der Waals surface area (Å²) < 4.78 is 0. The summed E-state index contributed by atoms with van der Waals surface area (Å²) in [4.78, 5) is 0. The van der Waals surface area contributed by atoms with E-state index >= 15 is 0 Å². The fraction of sp³-hybridized carbons (Fsp3) is 0.700. The summed E-state index contributed by atoms with van der Waals surface area (Å²) in [6, 6.07) is 0. The minimum Gasteiger partial charge on any atom is -0.160 e. The summed E-state index contributed by atoms with van der Waals surface area (Å²) >= 11 is 0. The smallest absolute Gasteiger partial charge is 0.0403 e. The molecule has 126 valence electrons. The minimum atomic E-state index is 0.494. The van der Waals surface area contributed by atoms with Gasteiger partial charge in [-0.15, -0.1) is 0 Å². The molecule has 0 N–H and O–H groups in total. The van der Waals surface area contributed by atoms with Gasteiger partial charge in [0.05, 0.1) is 0 Å². The van der Waals surface area contributed by atoms with Crippen molar-refractivity contribution >= 4 is 11.4 Å². The van der Waals surface area contributed by atoms with Crippen LogP contribution in [0.2, 0.25) is 0 Å². The predicted octanol–water partition coefficient (Wildman–Crippen LogP) is 6.59. The average molecular weight is 305 g/mol. The predicted molar refractivity (Wildman–Crippen MR) is 102 cm³/mol. The van der Waals surface area contributed by atoms with Gasteiger partial charge in [0.2, 0.25) is 0 Å². The number of hydrogen-bond acceptors (Lipinski definition) is 2. The number of hydrogen-bond donors (Lipinski definition) is 0. The molecule has 2 heteroatoms. The van der Waals surface area contributed by atoms with Gasteiger partial charge in [-0.25, -0.2) is 0 Å². The van der Waals surface area contributed by atoms with Gasteiger partial charge < -0.3 is 0 Å². The van der Waals surface area contributed by atoms with Crippen molar-refractivity contribution in [1.82, 2.24) is 0 Å². The molecule has 2 nitrogen and oxygen atoms in total. The molecule has 0 amide bonds. The highest BCUT2D eigenvalue weighted by Gasteiger charge is 2.07. The van der Waals surface area contributed by atoms with E-state index in [-0.39, 0.29) is 0 Å². The minimum absolute atomic E-state index is 0.494. The van der Waals surface area contributed by atoms with Gasteiger partial charge in [-0.2, -0.15) is 10.2 Å². The molecule has 0 aliphatic rings. The fourth-order valence-electron chi connectivity index (χ4n) is 2.02. The second-order valence-corrected chi connectivity index (χ2v) is 7.00. The third-order valence-corrected chi connectivity index (χ3v) is 4.10. The van der Waals surface area contributed by atoms with Crippen LogP contribution in [0, 0.1) is 11.8 Å². The van der Waals surface area contributed by atoms with Gasteiger partial charge in [0.25, 0.3) is 0 Å². The zero-order chi connectivity index (χ0) is 17.1. The van der Waals surface area contributed by atoms with E-state index in [0.717, 1.165) is 37.1 Å². The molecule has 0 aliphatic heterocycles. The second kappa shape index (κ2) is 11.4. The van der Waals surface area contributed by atoms with E-state index in [9.17, 15) is 0 Å². The molecule has 0 rings (SSSR count). The summed E-state index contributed by atoms with van der Waals surface area (Å²) in [6.45, 7) is 17.3. The van der Waals surface area contributed by atoms with Crippen LogP contribution in [0.15, 0.2) is 33.5 Å². The normalized spacial score (nSPS) is 15.3. The van der Waals surface area contributed by atoms with Crippen molar-refractivity contribution in [2.45, 2.75) is 81.1 Å². The lowest BCUT2D eigenvalue weighted by atomic mass is 10.00. The monoisotopic (exact) mass is 304 g/mol. The van der Waals surface area contributed by atoms with Crippen molar-refractivity contribution < 1.29 is 0 Å². The molecule has 0 spiro atoms. The summed E-state index contributed by atoms with van der Waals surface area (Å²) in [5, 5.41) is 8.91. The maximum atomic E-state index is 4.45. The van der Waals surface area contributed by atoms with Crippen LogP contribution in [0.1, 0.15) is 81.1 Å². The molecule has 0 aliphatic carbocycles. The highest BCUT2D eigenvalue weighted by Crippen LogP contribution is 2.12. The summed E-state index contributed by atoms with van der Waals surface area (Å²) in [5.74, 6) is 0.987. The third kappa shape index (κ3) is 10.5. The molecule has 0 aromatic rings. The van der Waals surface area contributed by atoms with Gasteiger partial charge >= 0.3 is 0 Å². The number of allylic oxidation sites excluding steroid dienone is 4. The molecule has 0 saturated heterocycles. The Labute approximate surface area is 138 Å². The van der Waals surface area contributed by atoms with Crippen LogP contribution >= 0.6 is 0 Å². The molecule has 0 aromatic carbocycles. The Balaban J connectivity index is 4.43. The highest BCUT2D eigenvalue weighted by molar-refractivity contribution is 5.87. The quantitative estimate of drug-likeness (QED) is 0.261. The zero-order valence-electron chi connectivity index (χ0n) is 16.0. The van der Waals surface area contributed by atoms with Crippen molar-refractivity contribution in [2.24, 2.45) is 22.0 Å². The van der Waals surface area contributed by atoms with Crippen molar-refractivity contribution in [3.05, 3.63) is 23.3 Å². The first-order valence-corrected chi connectivity index (χ1v) is 8.59. The lowest BCUT2D eigenvalue weighted by molar-refractivity contribution is 0.678. The summed E-state index contributed by atoms with van der Waals surface area (Å²) in [6.07, 6.45) is 9.12. The molecule has 0 fully saturated rings. The van der Waals surface area contributed by atoms with Crippen molar-refractivity contribution in [2.75, 3.05) is 0 Å². The third-order valence-electron chi connectivity index (χ3n) is 4.10. The maximum absolute atomic E-state index is 4.45. The van der Waals surface area contributed by atoms with Crippen molar-refractivity contribution in [3.63, 3.8) is 0 Å². The number of rotatable bonds is 9. The molecular formula is C20H36N2. The number of nitrogens with zero attached hydrogens (tertiary/aromatic N) is 2. The van der Waals surface area contributed by atoms with E-state index in [2.05, 4.69) is 77.7 Å². The molecule has 0 aromatic heterocycles. The maximum Gasteiger partial charge on any atom is 0.0403 e. The van der Waals surface area contributed by atoms with E-state index in [1.54, 1.807) is 0 Å². The SMILES string of the molecule is CC(C)=CCCC(C)C(C)=NN=C(C)C(C)CCC=C(C)C. The Morgan fingerprint density at radius 2 is 1.00 bits per heavy atom. The van der Waals surface area contributed by atoms with Crippen molar-refractivity contribution in [1.29, 1.82) is 0 Å². The highest BCUT2D eigenvalue weighted by atomic mass is 15.2. The molecule has 2 unspecified atom stereocenters. The zero-order valence-corrected chi connectivity index (χ0v) is 16.0. The molecule has 2 atom stereocenters. The van der Waals surface area contributed by atoms with Gasteiger partial charge in [-0.1, -0.05) is 37.1 Å². The average Bonchev–Trinajstić information content (AvgIpc) is 2.43. The van der Waals surface area contributed by atoms with Crippen LogP contribution in [0.5, 0.6) is 0 Å². The van der Waals surface area contributed by atoms with Crippen LogP contribution in [0.3, 0.4) is 0 Å². The van der Waals surface area contributed by atoms with E-state index in [1.165, 1.54) is 11.1 Å². The van der Waals surface area contributed by atoms with Gasteiger partial charge in [0, 0.05) is 11.4 Å². The van der Waals surface area contributed by atoms with Crippen LogP contribution in [0.25, 0.3) is 0 Å². The van der Waals surface area contributed by atoms with Gasteiger partial charge in [0.1, 0.15) is 0 Å². The van der Waals surface area contributed by atoms with Crippen LogP contribution in [0.4, 0.5) is 0 Å². The lowest BCUT2D eigenvalue weighted by Gasteiger charge is -2.10. The van der Waals surface area contributed by atoms with E-state index in [1.807, 2.05) is 0 Å². The molecule has 0 radical (unpaired) electrons. The summed E-state index contributed by atoms with van der Waals surface area (Å²) in [5.41, 5.74) is 5.05. The Morgan fingerprint density at radius 1 is 0.682 bits per heavy atom. The Morgan fingerprint density at radius 3 is 1.27 bits per heavy atom. The first-order chi connectivity index (χ1) is 10.2. The fourth-order valence-corrected chi connectivity index (χ4v) is 2.02. The molecule has 0 bridgehead atoms. The van der Waals surface area contributed by atoms with E-state index in [0.29, 0.717) is 11.8 Å². The van der Waals surface area contributed by atoms with E-state index in [4.69, 9.17) is 0 Å². The van der Waals surface area contributed by atoms with Crippen LogP contribution in [-0.4, -0.2) is 11.4 Å². The van der Waals surface area contributed by atoms with Gasteiger partial charge in [0.15, 0.2) is 0 Å². The van der Waals surface area contributed by atoms with E-state index < -0.39 is 0 Å². The lowest BCUT2D eigenvalue weighted by Crippen LogP contribution is -2.09. The second-order valence-electron chi connectivity index (χ2n) is 7.00. The Bertz CT molecular complexity index is 389. The standard InChI is InChI=1S/C20H36N2/c1-15(2)11-9-13-17(5)19(7)21-22-20(8)18(6)14-10-12-16(3)4/h11-12,17-18H,9-10,13-14H2,1-8H3. The topological polar surface area (TPSA) is 24.7 Å². The van der Waals surface area contributed by atoms with Crippen LogP contribution in [-0.2, 0) is 0 Å². The van der Waals surface area contributed by atoms with Gasteiger partial charge in [-0.3, -0.25) is 0 Å². The molecule has 0 saturated carbocycles. The Hall–Kier alpha value is -1.18. The molecule has 0 heterocycles. The van der Waals surface area contributed by atoms with Crippen molar-refractivity contribution in [3.8, 4) is 0 Å². The Kier molecular flexibility index (Phi) is 10.8. The summed E-state index contributed by atoms with van der Waals surface area (Å²) in [7, 11) is 0. The van der Waals surface area contributed by atoms with Gasteiger partial charge in [-0.05, 0) is 79.1 Å². The first kappa shape index (κ1) is 20.8. The molecule has 22 heavy (non-hydrogen) atoms. The largest absolute Gasteiger partial charge is 0.160 e. The van der Waals surface area contributed by atoms with Crippen LogP contribution < -0.4 is 0 Å². The molecular weight excluding hydrogens is 268 g/mol.